The normalized spacial score (nSPS) is 10.6. The fourth-order valence-electron chi connectivity index (χ4n) is 1.75. The van der Waals surface area contributed by atoms with E-state index in [0.717, 1.165) is 15.0 Å². The first-order valence-corrected chi connectivity index (χ1v) is 7.31. The summed E-state index contributed by atoms with van der Waals surface area (Å²) in [6, 6.07) is 11.0. The Bertz CT molecular complexity index is 642. The average Bonchev–Trinajstić information content (AvgIpc) is 2.38. The fraction of sp³-hybridized carbons (Fsp3) is 0.200. The van der Waals surface area contributed by atoms with E-state index >= 15 is 0 Å². The van der Waals surface area contributed by atoms with E-state index in [4.69, 9.17) is 5.11 Å². The van der Waals surface area contributed by atoms with Crippen molar-refractivity contribution in [1.29, 1.82) is 0 Å². The van der Waals surface area contributed by atoms with Crippen molar-refractivity contribution in [3.8, 4) is 0 Å². The second-order valence-electron chi connectivity index (χ2n) is 4.76. The monoisotopic (exact) mass is 382 g/mol. The number of carboxylic acid groups (broad SMARTS) is 1. The van der Waals surface area contributed by atoms with Gasteiger partial charge in [-0.3, -0.25) is 0 Å². The van der Waals surface area contributed by atoms with Gasteiger partial charge in [0.1, 0.15) is 5.82 Å². The number of hydrogen-bond donors (Lipinski definition) is 2. The lowest BCUT2D eigenvalue weighted by molar-refractivity contribution is 0.0696. The largest absolute Gasteiger partial charge is 0.478 e. The summed E-state index contributed by atoms with van der Waals surface area (Å²) >= 11 is 2.23. The molecule has 1 heterocycles. The van der Waals surface area contributed by atoms with Gasteiger partial charge in [-0.1, -0.05) is 19.9 Å². The average molecular weight is 382 g/mol. The maximum Gasteiger partial charge on any atom is 0.335 e. The van der Waals surface area contributed by atoms with Crippen molar-refractivity contribution in [3.63, 3.8) is 0 Å². The third-order valence-corrected chi connectivity index (χ3v) is 3.45. The van der Waals surface area contributed by atoms with Gasteiger partial charge in [0.25, 0.3) is 0 Å². The highest BCUT2D eigenvalue weighted by Crippen LogP contribution is 2.21. The summed E-state index contributed by atoms with van der Waals surface area (Å²) in [5.74, 6) is -0.221. The lowest BCUT2D eigenvalue weighted by Crippen LogP contribution is -2.04. The molecule has 0 bridgehead atoms. The van der Waals surface area contributed by atoms with Crippen molar-refractivity contribution in [2.75, 3.05) is 5.32 Å². The van der Waals surface area contributed by atoms with Gasteiger partial charge in [0.05, 0.1) is 5.56 Å². The van der Waals surface area contributed by atoms with Crippen LogP contribution >= 0.6 is 22.6 Å². The number of anilines is 2. The molecule has 0 spiro atoms. The molecule has 0 radical (unpaired) electrons. The topological polar surface area (TPSA) is 62.2 Å². The minimum Gasteiger partial charge on any atom is -0.478 e. The van der Waals surface area contributed by atoms with Crippen LogP contribution in [0.3, 0.4) is 0 Å². The smallest absolute Gasteiger partial charge is 0.335 e. The first-order valence-electron chi connectivity index (χ1n) is 6.23. The minimum absolute atomic E-state index is 0.172. The van der Waals surface area contributed by atoms with Gasteiger partial charge in [0.2, 0.25) is 0 Å². The van der Waals surface area contributed by atoms with Gasteiger partial charge in [-0.05, 0) is 58.8 Å². The number of carboxylic acids is 1. The third-order valence-electron chi connectivity index (χ3n) is 2.78. The predicted octanol–water partition coefficient (Wildman–Crippen LogP) is 4.25. The molecule has 0 aliphatic carbocycles. The van der Waals surface area contributed by atoms with Gasteiger partial charge in [0.15, 0.2) is 0 Å². The summed E-state index contributed by atoms with van der Waals surface area (Å²) in [7, 11) is 0. The molecule has 1 aromatic heterocycles. The van der Waals surface area contributed by atoms with Crippen molar-refractivity contribution in [1.82, 2.24) is 4.98 Å². The predicted molar refractivity (Wildman–Crippen MR) is 87.7 cm³/mol. The second-order valence-corrected chi connectivity index (χ2v) is 6.01. The molecule has 0 aliphatic heterocycles. The van der Waals surface area contributed by atoms with Crippen molar-refractivity contribution in [2.24, 2.45) is 0 Å². The van der Waals surface area contributed by atoms with Crippen molar-refractivity contribution >= 4 is 40.1 Å². The lowest BCUT2D eigenvalue weighted by atomic mass is 10.1. The highest BCUT2D eigenvalue weighted by molar-refractivity contribution is 14.1. The van der Waals surface area contributed by atoms with Crippen molar-refractivity contribution in [2.45, 2.75) is 19.8 Å². The van der Waals surface area contributed by atoms with Crippen LogP contribution in [0, 0.1) is 3.57 Å². The zero-order chi connectivity index (χ0) is 14.7. The van der Waals surface area contributed by atoms with Crippen LogP contribution in [0.15, 0.2) is 36.4 Å². The summed E-state index contributed by atoms with van der Waals surface area (Å²) in [6.07, 6.45) is 0. The van der Waals surface area contributed by atoms with Crippen LogP contribution in [0.25, 0.3) is 0 Å². The molecule has 0 fully saturated rings. The Morgan fingerprint density at radius 1 is 1.30 bits per heavy atom. The molecule has 0 aliphatic rings. The van der Waals surface area contributed by atoms with Gasteiger partial charge in [-0.2, -0.15) is 0 Å². The van der Waals surface area contributed by atoms with Crippen LogP contribution in [-0.4, -0.2) is 16.1 Å². The zero-order valence-electron chi connectivity index (χ0n) is 11.2. The van der Waals surface area contributed by atoms with Crippen LogP contribution in [0.1, 0.15) is 35.8 Å². The van der Waals surface area contributed by atoms with E-state index in [9.17, 15) is 4.79 Å². The van der Waals surface area contributed by atoms with Gasteiger partial charge >= 0.3 is 5.97 Å². The lowest BCUT2D eigenvalue weighted by Gasteiger charge is -2.11. The molecule has 2 aromatic rings. The number of carbonyl (C=O) groups is 1. The minimum atomic E-state index is -0.944. The molecular weight excluding hydrogens is 367 g/mol. The number of rotatable bonds is 4. The second kappa shape index (κ2) is 6.21. The van der Waals surface area contributed by atoms with E-state index in [0.29, 0.717) is 5.82 Å². The first kappa shape index (κ1) is 14.8. The molecule has 104 valence electrons. The van der Waals surface area contributed by atoms with Crippen LogP contribution in [0.4, 0.5) is 11.5 Å². The van der Waals surface area contributed by atoms with E-state index in [-0.39, 0.29) is 11.5 Å². The maximum absolute atomic E-state index is 11.2. The van der Waals surface area contributed by atoms with Crippen molar-refractivity contribution < 1.29 is 9.90 Å². The molecule has 2 N–H and O–H groups in total. The number of pyridine rings is 1. The molecule has 1 aromatic carbocycles. The van der Waals surface area contributed by atoms with Crippen LogP contribution in [0.5, 0.6) is 0 Å². The first-order chi connectivity index (χ1) is 9.45. The number of halogens is 1. The number of benzene rings is 1. The van der Waals surface area contributed by atoms with Crippen LogP contribution < -0.4 is 5.32 Å². The summed E-state index contributed by atoms with van der Waals surface area (Å²) < 4.78 is 1.10. The SMILES string of the molecule is CC(C)c1cc(C(=O)O)cc(Nc2cccc(I)c2)n1. The van der Waals surface area contributed by atoms with Gasteiger partial charge in [-0.15, -0.1) is 0 Å². The van der Waals surface area contributed by atoms with E-state index < -0.39 is 5.97 Å². The summed E-state index contributed by atoms with van der Waals surface area (Å²) in [5, 5.41) is 12.3. The van der Waals surface area contributed by atoms with Crippen molar-refractivity contribution in [3.05, 3.63) is 51.2 Å². The third kappa shape index (κ3) is 3.69. The Balaban J connectivity index is 2.38. The summed E-state index contributed by atoms with van der Waals surface area (Å²) in [6.45, 7) is 3.98. The molecule has 2 rings (SSSR count). The summed E-state index contributed by atoms with van der Waals surface area (Å²) in [4.78, 5) is 15.6. The Morgan fingerprint density at radius 2 is 2.05 bits per heavy atom. The number of nitrogens with zero attached hydrogens (tertiary/aromatic N) is 1. The quantitative estimate of drug-likeness (QED) is 0.777. The Morgan fingerprint density at radius 3 is 2.65 bits per heavy atom. The van der Waals surface area contributed by atoms with E-state index in [1.165, 1.54) is 0 Å². The Kier molecular flexibility index (Phi) is 4.59. The number of nitrogens with one attached hydrogen (secondary N) is 1. The molecular formula is C15H15IN2O2. The fourth-order valence-corrected chi connectivity index (χ4v) is 2.29. The number of aromatic nitrogens is 1. The van der Waals surface area contributed by atoms with Crippen LogP contribution in [0.2, 0.25) is 0 Å². The molecule has 0 amide bonds. The molecule has 5 heteroatoms. The maximum atomic E-state index is 11.2. The van der Waals surface area contributed by atoms with E-state index in [1.54, 1.807) is 12.1 Å². The molecule has 4 nitrogen and oxygen atoms in total. The highest BCUT2D eigenvalue weighted by Gasteiger charge is 2.11. The molecule has 0 saturated heterocycles. The van der Waals surface area contributed by atoms with Crippen LogP contribution in [-0.2, 0) is 0 Å². The van der Waals surface area contributed by atoms with E-state index in [2.05, 4.69) is 32.9 Å². The van der Waals surface area contributed by atoms with Gasteiger partial charge in [0, 0.05) is 15.0 Å². The molecule has 0 unspecified atom stereocenters. The zero-order valence-corrected chi connectivity index (χ0v) is 13.4. The highest BCUT2D eigenvalue weighted by atomic mass is 127. The van der Waals surface area contributed by atoms with Gasteiger partial charge in [-0.25, -0.2) is 9.78 Å². The Labute approximate surface area is 131 Å². The van der Waals surface area contributed by atoms with E-state index in [1.807, 2.05) is 38.1 Å². The molecule has 0 atom stereocenters. The number of hydrogen-bond acceptors (Lipinski definition) is 3. The summed E-state index contributed by atoms with van der Waals surface area (Å²) in [5.41, 5.74) is 1.90. The molecule has 0 saturated carbocycles. The standard InChI is InChI=1S/C15H15IN2O2/c1-9(2)13-6-10(15(19)20)7-14(18-13)17-12-5-3-4-11(16)8-12/h3-9H,1-2H3,(H,17,18)(H,19,20). The van der Waals surface area contributed by atoms with Gasteiger partial charge < -0.3 is 10.4 Å². The number of aromatic carboxylic acids is 1. The Hall–Kier alpha value is -1.63. The molecule has 20 heavy (non-hydrogen) atoms.